The second kappa shape index (κ2) is 11.1. The molecule has 4 rings (SSSR count). The van der Waals surface area contributed by atoms with Gasteiger partial charge in [0.1, 0.15) is 0 Å². The fraction of sp³-hybridized carbons (Fsp3) is 0.680. The second-order valence-corrected chi connectivity index (χ2v) is 9.95. The topological polar surface area (TPSA) is 70.1 Å². The molecule has 0 bridgehead atoms. The number of carbonyl (C=O) groups is 2. The van der Waals surface area contributed by atoms with E-state index in [0.717, 1.165) is 51.9 Å². The van der Waals surface area contributed by atoms with Crippen LogP contribution in [0.2, 0.25) is 0 Å². The number of carboxylic acids is 1. The predicted molar refractivity (Wildman–Crippen MR) is 121 cm³/mol. The number of carboxylic acid groups (broad SMARTS) is 1. The summed E-state index contributed by atoms with van der Waals surface area (Å²) in [5, 5.41) is 7.12. The zero-order valence-corrected chi connectivity index (χ0v) is 19.9. The van der Waals surface area contributed by atoms with E-state index in [0.29, 0.717) is 5.92 Å². The van der Waals surface area contributed by atoms with Crippen molar-refractivity contribution in [1.29, 1.82) is 0 Å². The summed E-state index contributed by atoms with van der Waals surface area (Å²) >= 11 is 0. The number of amides is 1. The molecule has 3 aliphatic rings. The van der Waals surface area contributed by atoms with E-state index in [1.165, 1.54) is 36.8 Å². The summed E-state index contributed by atoms with van der Waals surface area (Å²) in [6.07, 6.45) is -0.0489. The van der Waals surface area contributed by atoms with Crippen LogP contribution in [0.3, 0.4) is 0 Å². The van der Waals surface area contributed by atoms with Gasteiger partial charge in [-0.2, -0.15) is 13.2 Å². The quantitative estimate of drug-likeness (QED) is 0.658. The standard InChI is InChI=1S/C23H34N2O2.C2HF3O2/c1-18-5-3-4-6-21(18)13-24-11-9-23(10-12-24)17-25(19(2)26)14-22(23)16-27-15-20-7-8-20;3-2(4,5)1(6)7/h3-6,20,22H,7-17H2,1-2H3;(H,6,7). The summed E-state index contributed by atoms with van der Waals surface area (Å²) in [6.45, 7) is 10.8. The SMILES string of the molecule is CC(=O)N1CC(COCC2CC2)C2(CCN(Cc3ccccc3C)CC2)C1.O=C(O)C(F)(F)F. The Labute approximate surface area is 199 Å². The first-order valence-corrected chi connectivity index (χ1v) is 11.9. The Kier molecular flexibility index (Phi) is 8.62. The lowest BCUT2D eigenvalue weighted by Crippen LogP contribution is -2.45. The van der Waals surface area contributed by atoms with Crippen molar-refractivity contribution in [3.8, 4) is 0 Å². The first-order chi connectivity index (χ1) is 16.0. The molecule has 0 radical (unpaired) electrons. The number of carbonyl (C=O) groups excluding carboxylic acids is 1. The minimum Gasteiger partial charge on any atom is -0.475 e. The molecular weight excluding hydrogens is 449 g/mol. The van der Waals surface area contributed by atoms with Crippen LogP contribution in [0.15, 0.2) is 24.3 Å². The monoisotopic (exact) mass is 484 g/mol. The molecule has 2 aliphatic heterocycles. The van der Waals surface area contributed by atoms with Crippen LogP contribution in [0.4, 0.5) is 13.2 Å². The summed E-state index contributed by atoms with van der Waals surface area (Å²) in [6, 6.07) is 8.71. The first-order valence-electron chi connectivity index (χ1n) is 11.9. The number of rotatable bonds is 6. The number of nitrogens with zero attached hydrogens (tertiary/aromatic N) is 2. The van der Waals surface area contributed by atoms with E-state index in [4.69, 9.17) is 14.6 Å². The average molecular weight is 485 g/mol. The van der Waals surface area contributed by atoms with Crippen LogP contribution in [0.1, 0.15) is 43.7 Å². The number of aliphatic carboxylic acids is 1. The van der Waals surface area contributed by atoms with Gasteiger partial charge >= 0.3 is 12.1 Å². The molecule has 2 heterocycles. The molecule has 1 aromatic rings. The Morgan fingerprint density at radius 1 is 1.15 bits per heavy atom. The summed E-state index contributed by atoms with van der Waals surface area (Å²) in [5.74, 6) is -1.23. The van der Waals surface area contributed by atoms with E-state index < -0.39 is 12.1 Å². The molecule has 1 aromatic carbocycles. The average Bonchev–Trinajstić information content (AvgIpc) is 3.53. The summed E-state index contributed by atoms with van der Waals surface area (Å²) < 4.78 is 37.8. The van der Waals surface area contributed by atoms with Crippen LogP contribution >= 0.6 is 0 Å². The van der Waals surface area contributed by atoms with Gasteiger partial charge in [-0.05, 0) is 68.2 Å². The van der Waals surface area contributed by atoms with Gasteiger partial charge in [-0.25, -0.2) is 4.79 Å². The molecule has 1 saturated carbocycles. The lowest BCUT2D eigenvalue weighted by molar-refractivity contribution is -0.192. The lowest BCUT2D eigenvalue weighted by Gasteiger charge is -2.42. The van der Waals surface area contributed by atoms with Crippen molar-refractivity contribution in [3.05, 3.63) is 35.4 Å². The highest BCUT2D eigenvalue weighted by molar-refractivity contribution is 5.73. The van der Waals surface area contributed by atoms with E-state index in [2.05, 4.69) is 41.0 Å². The number of hydrogen-bond donors (Lipinski definition) is 1. The van der Waals surface area contributed by atoms with Gasteiger partial charge in [-0.1, -0.05) is 24.3 Å². The van der Waals surface area contributed by atoms with Crippen molar-refractivity contribution in [2.24, 2.45) is 17.3 Å². The maximum Gasteiger partial charge on any atom is 0.490 e. The number of aryl methyl sites for hydroxylation is 1. The normalized spacial score (nSPS) is 22.4. The van der Waals surface area contributed by atoms with Gasteiger partial charge in [-0.3, -0.25) is 9.69 Å². The molecule has 9 heteroatoms. The summed E-state index contributed by atoms with van der Waals surface area (Å²) in [4.78, 5) is 25.6. The minimum absolute atomic E-state index is 0.224. The predicted octanol–water partition coefficient (Wildman–Crippen LogP) is 4.12. The molecule has 6 nitrogen and oxygen atoms in total. The van der Waals surface area contributed by atoms with Crippen molar-refractivity contribution in [1.82, 2.24) is 9.80 Å². The largest absolute Gasteiger partial charge is 0.490 e. The number of likely N-dealkylation sites (tertiary alicyclic amines) is 2. The van der Waals surface area contributed by atoms with Gasteiger partial charge in [0.25, 0.3) is 0 Å². The number of alkyl halides is 3. The molecular formula is C25H35F3N2O4. The third kappa shape index (κ3) is 7.18. The summed E-state index contributed by atoms with van der Waals surface area (Å²) in [5.41, 5.74) is 3.08. The Balaban J connectivity index is 0.000000406. The molecule has 1 spiro atoms. The van der Waals surface area contributed by atoms with E-state index in [9.17, 15) is 18.0 Å². The van der Waals surface area contributed by atoms with Crippen LogP contribution in [0.5, 0.6) is 0 Å². The molecule has 0 aromatic heterocycles. The number of piperidine rings is 1. The number of halogens is 3. The fourth-order valence-corrected chi connectivity index (χ4v) is 4.92. The van der Waals surface area contributed by atoms with E-state index in [-0.39, 0.29) is 11.3 Å². The van der Waals surface area contributed by atoms with Crippen LogP contribution < -0.4 is 0 Å². The van der Waals surface area contributed by atoms with Gasteiger partial charge in [0.05, 0.1) is 6.61 Å². The van der Waals surface area contributed by atoms with Crippen molar-refractivity contribution in [2.75, 3.05) is 39.4 Å². The molecule has 190 valence electrons. The molecule has 2 saturated heterocycles. The van der Waals surface area contributed by atoms with Gasteiger partial charge in [0, 0.05) is 39.1 Å². The number of ether oxygens (including phenoxy) is 1. The maximum atomic E-state index is 12.0. The maximum absolute atomic E-state index is 12.0. The van der Waals surface area contributed by atoms with Crippen molar-refractivity contribution in [3.63, 3.8) is 0 Å². The third-order valence-corrected chi connectivity index (χ3v) is 7.38. The zero-order chi connectivity index (χ0) is 24.9. The molecule has 1 amide bonds. The number of hydrogen-bond acceptors (Lipinski definition) is 4. The van der Waals surface area contributed by atoms with E-state index in [1.54, 1.807) is 6.92 Å². The first kappa shape index (κ1) is 26.5. The molecule has 1 aliphatic carbocycles. The van der Waals surface area contributed by atoms with Crippen LogP contribution in [0.25, 0.3) is 0 Å². The Morgan fingerprint density at radius 2 is 1.76 bits per heavy atom. The Morgan fingerprint density at radius 3 is 2.29 bits per heavy atom. The molecule has 3 fully saturated rings. The van der Waals surface area contributed by atoms with Crippen LogP contribution in [0, 0.1) is 24.2 Å². The molecule has 1 N–H and O–H groups in total. The highest BCUT2D eigenvalue weighted by Gasteiger charge is 2.48. The molecule has 34 heavy (non-hydrogen) atoms. The molecule has 1 unspecified atom stereocenters. The van der Waals surface area contributed by atoms with Crippen molar-refractivity contribution in [2.45, 2.75) is 52.3 Å². The van der Waals surface area contributed by atoms with Gasteiger partial charge < -0.3 is 14.7 Å². The second-order valence-electron chi connectivity index (χ2n) is 9.95. The number of benzene rings is 1. The van der Waals surface area contributed by atoms with Gasteiger partial charge in [0.15, 0.2) is 0 Å². The molecule has 1 atom stereocenters. The van der Waals surface area contributed by atoms with Crippen molar-refractivity contribution < 1.29 is 32.6 Å². The minimum atomic E-state index is -5.08. The lowest BCUT2D eigenvalue weighted by atomic mass is 9.71. The fourth-order valence-electron chi connectivity index (χ4n) is 4.92. The van der Waals surface area contributed by atoms with Gasteiger partial charge in [-0.15, -0.1) is 0 Å². The van der Waals surface area contributed by atoms with Crippen LogP contribution in [-0.2, 0) is 20.9 Å². The highest BCUT2D eigenvalue weighted by Crippen LogP contribution is 2.45. The van der Waals surface area contributed by atoms with Gasteiger partial charge in [0.2, 0.25) is 5.91 Å². The highest BCUT2D eigenvalue weighted by atomic mass is 19.4. The van der Waals surface area contributed by atoms with E-state index in [1.807, 2.05) is 0 Å². The van der Waals surface area contributed by atoms with Crippen molar-refractivity contribution >= 4 is 11.9 Å². The Hall–Kier alpha value is -2.13. The smallest absolute Gasteiger partial charge is 0.475 e. The third-order valence-electron chi connectivity index (χ3n) is 7.38. The zero-order valence-electron chi connectivity index (χ0n) is 19.9. The van der Waals surface area contributed by atoms with Crippen LogP contribution in [-0.4, -0.2) is 72.4 Å². The summed E-state index contributed by atoms with van der Waals surface area (Å²) in [7, 11) is 0. The van der Waals surface area contributed by atoms with E-state index >= 15 is 0 Å². The Bertz CT molecular complexity index is 849.